The molecule has 3 rings (SSSR count). The van der Waals surface area contributed by atoms with Gasteiger partial charge in [0.1, 0.15) is 5.82 Å². The van der Waals surface area contributed by atoms with Crippen molar-refractivity contribution in [3.63, 3.8) is 0 Å². The molecule has 1 aromatic carbocycles. The van der Waals surface area contributed by atoms with E-state index in [1.165, 1.54) is 0 Å². The number of aromatic amines is 1. The van der Waals surface area contributed by atoms with Gasteiger partial charge in [0.2, 0.25) is 11.1 Å². The number of nitrogens with zero attached hydrogens (tertiary/aromatic N) is 2. The van der Waals surface area contributed by atoms with Gasteiger partial charge in [0, 0.05) is 5.92 Å². The van der Waals surface area contributed by atoms with E-state index in [-0.39, 0.29) is 16.5 Å². The zero-order valence-electron chi connectivity index (χ0n) is 12.2. The number of anilines is 1. The van der Waals surface area contributed by atoms with Crippen LogP contribution >= 0.6 is 23.4 Å². The van der Waals surface area contributed by atoms with Crippen LogP contribution in [0.2, 0.25) is 5.02 Å². The van der Waals surface area contributed by atoms with Crippen molar-refractivity contribution < 1.29 is 18.0 Å². The number of H-pyrrole nitrogens is 1. The third kappa shape index (κ3) is 4.21. The third-order valence-electron chi connectivity index (χ3n) is 3.35. The predicted molar refractivity (Wildman–Crippen MR) is 84.2 cm³/mol. The molecule has 1 aliphatic carbocycles. The molecular formula is C14H12ClF3N4OS. The lowest BCUT2D eigenvalue weighted by atomic mass is 10.2. The summed E-state index contributed by atoms with van der Waals surface area (Å²) in [7, 11) is 0. The molecule has 1 fully saturated rings. The molecule has 0 atom stereocenters. The molecule has 0 saturated heterocycles. The van der Waals surface area contributed by atoms with Crippen LogP contribution in [0.4, 0.5) is 18.9 Å². The summed E-state index contributed by atoms with van der Waals surface area (Å²) in [6.45, 7) is 0. The number of thioether (sulfide) groups is 1. The van der Waals surface area contributed by atoms with Gasteiger partial charge in [0.15, 0.2) is 0 Å². The fraction of sp³-hybridized carbons (Fsp3) is 0.357. The first-order valence-corrected chi connectivity index (χ1v) is 8.41. The summed E-state index contributed by atoms with van der Waals surface area (Å²) in [5, 5.41) is 9.65. The fourth-order valence-corrected chi connectivity index (χ4v) is 2.75. The molecule has 10 heteroatoms. The monoisotopic (exact) mass is 376 g/mol. The van der Waals surface area contributed by atoms with Gasteiger partial charge < -0.3 is 5.32 Å². The van der Waals surface area contributed by atoms with Gasteiger partial charge in [-0.25, -0.2) is 4.98 Å². The van der Waals surface area contributed by atoms with Gasteiger partial charge in [-0.15, -0.1) is 5.10 Å². The summed E-state index contributed by atoms with van der Waals surface area (Å²) >= 11 is 6.93. The van der Waals surface area contributed by atoms with Gasteiger partial charge in [-0.3, -0.25) is 9.89 Å². The Bertz CT molecular complexity index is 761. The van der Waals surface area contributed by atoms with Crippen LogP contribution in [0.1, 0.15) is 30.1 Å². The summed E-state index contributed by atoms with van der Waals surface area (Å²) in [6, 6.07) is 2.77. The van der Waals surface area contributed by atoms with Crippen LogP contribution in [-0.4, -0.2) is 26.8 Å². The lowest BCUT2D eigenvalue weighted by Gasteiger charge is -2.11. The number of hydrogen-bond acceptors (Lipinski definition) is 4. The van der Waals surface area contributed by atoms with Crippen molar-refractivity contribution in [2.75, 3.05) is 11.1 Å². The molecule has 1 heterocycles. The van der Waals surface area contributed by atoms with E-state index in [1.807, 2.05) is 0 Å². The first-order valence-electron chi connectivity index (χ1n) is 7.04. The zero-order chi connectivity index (χ0) is 17.3. The molecule has 0 bridgehead atoms. The number of aromatic nitrogens is 3. The molecule has 1 saturated carbocycles. The largest absolute Gasteiger partial charge is 0.416 e. The maximum absolute atomic E-state index is 12.7. The zero-order valence-corrected chi connectivity index (χ0v) is 13.7. The lowest BCUT2D eigenvalue weighted by Crippen LogP contribution is -2.15. The predicted octanol–water partition coefficient (Wildman–Crippen LogP) is 4.09. The summed E-state index contributed by atoms with van der Waals surface area (Å²) in [5.41, 5.74) is -0.955. The highest BCUT2D eigenvalue weighted by Gasteiger charge is 2.31. The lowest BCUT2D eigenvalue weighted by molar-refractivity contribution is -0.137. The number of amides is 1. The summed E-state index contributed by atoms with van der Waals surface area (Å²) in [4.78, 5) is 16.2. The van der Waals surface area contributed by atoms with Crippen LogP contribution in [-0.2, 0) is 11.0 Å². The minimum absolute atomic E-state index is 0.0332. The van der Waals surface area contributed by atoms with E-state index in [2.05, 4.69) is 20.5 Å². The van der Waals surface area contributed by atoms with Crippen molar-refractivity contribution in [3.8, 4) is 0 Å². The molecule has 2 N–H and O–H groups in total. The smallest absolute Gasteiger partial charge is 0.324 e. The number of nitrogens with one attached hydrogen (secondary N) is 2. The highest BCUT2D eigenvalue weighted by Crippen LogP contribution is 2.38. The average Bonchev–Trinajstić information content (AvgIpc) is 3.25. The molecule has 1 aliphatic rings. The van der Waals surface area contributed by atoms with Crippen molar-refractivity contribution in [1.29, 1.82) is 0 Å². The van der Waals surface area contributed by atoms with Gasteiger partial charge >= 0.3 is 6.18 Å². The molecule has 128 valence electrons. The van der Waals surface area contributed by atoms with Gasteiger partial charge in [-0.2, -0.15) is 13.2 Å². The Hall–Kier alpha value is -1.74. The van der Waals surface area contributed by atoms with Crippen LogP contribution in [0.5, 0.6) is 0 Å². The molecule has 1 amide bonds. The SMILES string of the molecule is O=C(CSc1n[nH]c(C2CC2)n1)Nc1cc(C(F)(F)F)ccc1Cl. The fourth-order valence-electron chi connectivity index (χ4n) is 1.98. The Balaban J connectivity index is 1.59. The number of hydrogen-bond donors (Lipinski definition) is 2. The minimum Gasteiger partial charge on any atom is -0.324 e. The first-order chi connectivity index (χ1) is 11.3. The molecular weight excluding hydrogens is 365 g/mol. The van der Waals surface area contributed by atoms with Crippen LogP contribution in [0.3, 0.4) is 0 Å². The van der Waals surface area contributed by atoms with E-state index in [4.69, 9.17) is 11.6 Å². The van der Waals surface area contributed by atoms with Crippen LogP contribution < -0.4 is 5.32 Å². The van der Waals surface area contributed by atoms with Crippen molar-refractivity contribution in [2.45, 2.75) is 30.1 Å². The van der Waals surface area contributed by atoms with E-state index >= 15 is 0 Å². The summed E-state index contributed by atoms with van der Waals surface area (Å²) in [6.07, 6.45) is -2.35. The van der Waals surface area contributed by atoms with Crippen LogP contribution in [0.15, 0.2) is 23.4 Å². The number of carbonyl (C=O) groups is 1. The average molecular weight is 377 g/mol. The second kappa shape index (κ2) is 6.64. The van der Waals surface area contributed by atoms with E-state index in [9.17, 15) is 18.0 Å². The van der Waals surface area contributed by atoms with Gasteiger partial charge in [0.05, 0.1) is 22.0 Å². The quantitative estimate of drug-likeness (QED) is 0.771. The standard InChI is InChI=1S/C14H12ClF3N4OS/c15-9-4-3-8(14(16,17)18)5-10(9)19-11(23)6-24-13-20-12(21-22-13)7-1-2-7/h3-5,7H,1-2,6H2,(H,19,23)(H,20,21,22). The maximum Gasteiger partial charge on any atom is 0.416 e. The molecule has 1 aromatic heterocycles. The van der Waals surface area contributed by atoms with Crippen LogP contribution in [0, 0.1) is 0 Å². The van der Waals surface area contributed by atoms with Gasteiger partial charge in [-0.05, 0) is 31.0 Å². The maximum atomic E-state index is 12.7. The molecule has 0 aliphatic heterocycles. The summed E-state index contributed by atoms with van der Waals surface area (Å²) in [5.74, 6) is 0.705. The van der Waals surface area contributed by atoms with E-state index in [1.54, 1.807) is 0 Å². The van der Waals surface area contributed by atoms with Crippen molar-refractivity contribution >= 4 is 35.0 Å². The third-order valence-corrected chi connectivity index (χ3v) is 4.52. The van der Waals surface area contributed by atoms with E-state index in [0.717, 1.165) is 48.6 Å². The van der Waals surface area contributed by atoms with Crippen LogP contribution in [0.25, 0.3) is 0 Å². The normalized spacial score (nSPS) is 14.7. The van der Waals surface area contributed by atoms with Gasteiger partial charge in [-0.1, -0.05) is 23.4 Å². The molecule has 24 heavy (non-hydrogen) atoms. The van der Waals surface area contributed by atoms with E-state index < -0.39 is 17.6 Å². The van der Waals surface area contributed by atoms with Crippen molar-refractivity contribution in [2.24, 2.45) is 0 Å². The number of benzene rings is 1. The molecule has 0 spiro atoms. The molecule has 2 aromatic rings. The number of rotatable bonds is 5. The Labute approximate surface area is 144 Å². The summed E-state index contributed by atoms with van der Waals surface area (Å²) < 4.78 is 38.1. The topological polar surface area (TPSA) is 70.7 Å². The molecule has 5 nitrogen and oxygen atoms in total. The number of carbonyl (C=O) groups excluding carboxylic acids is 1. The Kier molecular flexibility index (Phi) is 4.73. The first kappa shape index (κ1) is 17.1. The highest BCUT2D eigenvalue weighted by molar-refractivity contribution is 7.99. The Morgan fingerprint density at radius 3 is 2.83 bits per heavy atom. The molecule has 0 unspecified atom stereocenters. The highest BCUT2D eigenvalue weighted by atomic mass is 35.5. The van der Waals surface area contributed by atoms with Crippen molar-refractivity contribution in [3.05, 3.63) is 34.6 Å². The Morgan fingerprint density at radius 1 is 1.42 bits per heavy atom. The number of alkyl halides is 3. The Morgan fingerprint density at radius 2 is 2.17 bits per heavy atom. The molecule has 0 radical (unpaired) electrons. The van der Waals surface area contributed by atoms with Crippen molar-refractivity contribution in [1.82, 2.24) is 15.2 Å². The van der Waals surface area contributed by atoms with Gasteiger partial charge in [0.25, 0.3) is 0 Å². The minimum atomic E-state index is -4.50. The number of halogens is 4. The van der Waals surface area contributed by atoms with E-state index in [0.29, 0.717) is 11.1 Å². The second-order valence-electron chi connectivity index (χ2n) is 5.31. The second-order valence-corrected chi connectivity index (χ2v) is 6.66.